The molecule has 1 amide bonds. The van der Waals surface area contributed by atoms with Crippen LogP contribution in [-0.2, 0) is 0 Å². The molecule has 1 aliphatic heterocycles. The van der Waals surface area contributed by atoms with E-state index in [1.54, 1.807) is 0 Å². The molecule has 0 unspecified atom stereocenters. The number of rotatable bonds is 4. The van der Waals surface area contributed by atoms with Gasteiger partial charge in [-0.25, -0.2) is 0 Å². The van der Waals surface area contributed by atoms with Crippen LogP contribution >= 0.6 is 0 Å². The van der Waals surface area contributed by atoms with Crippen LogP contribution in [0.5, 0.6) is 0 Å². The van der Waals surface area contributed by atoms with Crippen LogP contribution in [0.1, 0.15) is 28.8 Å². The number of nitrogens with zero attached hydrogens (tertiary/aromatic N) is 1. The van der Waals surface area contributed by atoms with Gasteiger partial charge in [0.2, 0.25) is 0 Å². The number of carbonyl (C=O) groups is 1. The maximum absolute atomic E-state index is 12.2. The number of benzene rings is 1. The molecule has 0 bridgehead atoms. The van der Waals surface area contributed by atoms with Gasteiger partial charge >= 0.3 is 0 Å². The molecule has 1 heterocycles. The molecule has 0 aromatic heterocycles. The van der Waals surface area contributed by atoms with Crippen molar-refractivity contribution in [2.24, 2.45) is 11.8 Å². The lowest BCUT2D eigenvalue weighted by molar-refractivity contribution is 0.0938. The summed E-state index contributed by atoms with van der Waals surface area (Å²) in [4.78, 5) is 14.5. The van der Waals surface area contributed by atoms with Gasteiger partial charge in [-0.15, -0.1) is 0 Å². The van der Waals surface area contributed by atoms with Crippen LogP contribution in [-0.4, -0.2) is 37.5 Å². The molecule has 0 atom stereocenters. The second kappa shape index (κ2) is 6.72. The summed E-state index contributed by atoms with van der Waals surface area (Å²) in [5.41, 5.74) is 5.05. The van der Waals surface area contributed by atoms with Crippen molar-refractivity contribution in [3.05, 3.63) is 29.3 Å². The number of nitrogen functional groups attached to an aromatic ring is 1. The van der Waals surface area contributed by atoms with Crippen molar-refractivity contribution >= 4 is 11.6 Å². The van der Waals surface area contributed by atoms with Crippen molar-refractivity contribution in [1.29, 1.82) is 0 Å². The summed E-state index contributed by atoms with van der Waals surface area (Å²) in [6.07, 6.45) is 2.32. The summed E-state index contributed by atoms with van der Waals surface area (Å²) in [5.74, 6) is 5.96. The number of amides is 1. The SMILES string of the molecule is Cc1cc(NN)ccc1C(=O)NCC1CCN(C)CC1. The molecule has 0 spiro atoms. The first-order chi connectivity index (χ1) is 9.60. The highest BCUT2D eigenvalue weighted by Crippen LogP contribution is 2.16. The zero-order valence-electron chi connectivity index (χ0n) is 12.3. The van der Waals surface area contributed by atoms with E-state index in [-0.39, 0.29) is 5.91 Å². The van der Waals surface area contributed by atoms with Crippen molar-refractivity contribution in [2.75, 3.05) is 32.1 Å². The average Bonchev–Trinajstić information content (AvgIpc) is 2.46. The lowest BCUT2D eigenvalue weighted by Crippen LogP contribution is -2.37. The largest absolute Gasteiger partial charge is 0.352 e. The minimum Gasteiger partial charge on any atom is -0.352 e. The first-order valence-electron chi connectivity index (χ1n) is 7.14. The number of likely N-dealkylation sites (tertiary alicyclic amines) is 1. The minimum absolute atomic E-state index is 0.00463. The summed E-state index contributed by atoms with van der Waals surface area (Å²) in [7, 11) is 2.14. The number of piperidine rings is 1. The van der Waals surface area contributed by atoms with Crippen LogP contribution in [0, 0.1) is 12.8 Å². The molecule has 0 aliphatic carbocycles. The minimum atomic E-state index is 0.00463. The average molecular weight is 276 g/mol. The molecule has 1 aliphatic rings. The number of hydrazine groups is 1. The van der Waals surface area contributed by atoms with Crippen molar-refractivity contribution in [2.45, 2.75) is 19.8 Å². The van der Waals surface area contributed by atoms with Crippen molar-refractivity contribution in [3.63, 3.8) is 0 Å². The monoisotopic (exact) mass is 276 g/mol. The van der Waals surface area contributed by atoms with Gasteiger partial charge in [0.25, 0.3) is 5.91 Å². The van der Waals surface area contributed by atoms with Crippen molar-refractivity contribution < 1.29 is 4.79 Å². The van der Waals surface area contributed by atoms with Crippen LogP contribution < -0.4 is 16.6 Å². The molecule has 1 saturated heterocycles. The lowest BCUT2D eigenvalue weighted by Gasteiger charge is -2.29. The number of hydrogen-bond acceptors (Lipinski definition) is 4. The quantitative estimate of drug-likeness (QED) is 0.573. The van der Waals surface area contributed by atoms with Gasteiger partial charge in [0.15, 0.2) is 0 Å². The Morgan fingerprint density at radius 1 is 1.40 bits per heavy atom. The number of hydrogen-bond donors (Lipinski definition) is 3. The summed E-state index contributed by atoms with van der Waals surface area (Å²) < 4.78 is 0. The molecular weight excluding hydrogens is 252 g/mol. The Labute approximate surface area is 120 Å². The van der Waals surface area contributed by atoms with Crippen molar-refractivity contribution in [1.82, 2.24) is 10.2 Å². The number of aryl methyl sites for hydroxylation is 1. The van der Waals surface area contributed by atoms with E-state index < -0.39 is 0 Å². The van der Waals surface area contributed by atoms with E-state index in [1.165, 1.54) is 0 Å². The molecule has 20 heavy (non-hydrogen) atoms. The zero-order chi connectivity index (χ0) is 14.5. The fourth-order valence-electron chi connectivity index (χ4n) is 2.61. The summed E-state index contributed by atoms with van der Waals surface area (Å²) in [6, 6.07) is 5.51. The molecular formula is C15H24N4O. The lowest BCUT2D eigenvalue weighted by atomic mass is 9.97. The predicted octanol–water partition coefficient (Wildman–Crippen LogP) is 1.35. The fourth-order valence-corrected chi connectivity index (χ4v) is 2.61. The molecule has 5 nitrogen and oxygen atoms in total. The number of anilines is 1. The molecule has 5 heteroatoms. The zero-order valence-corrected chi connectivity index (χ0v) is 12.3. The Hall–Kier alpha value is -1.59. The Bertz CT molecular complexity index is 467. The van der Waals surface area contributed by atoms with E-state index in [0.717, 1.165) is 49.3 Å². The predicted molar refractivity (Wildman–Crippen MR) is 81.5 cm³/mol. The van der Waals surface area contributed by atoms with Crippen LogP contribution in [0.3, 0.4) is 0 Å². The highest BCUT2D eigenvalue weighted by atomic mass is 16.1. The molecule has 1 fully saturated rings. The van der Waals surface area contributed by atoms with Crippen LogP contribution in [0.15, 0.2) is 18.2 Å². The standard InChI is InChI=1S/C15H24N4O/c1-11-9-13(18-16)3-4-14(11)15(20)17-10-12-5-7-19(2)8-6-12/h3-4,9,12,18H,5-8,10,16H2,1-2H3,(H,17,20). The van der Waals surface area contributed by atoms with E-state index in [0.29, 0.717) is 5.92 Å². The van der Waals surface area contributed by atoms with Crippen molar-refractivity contribution in [3.8, 4) is 0 Å². The second-order valence-electron chi connectivity index (χ2n) is 5.63. The van der Waals surface area contributed by atoms with Crippen LogP contribution in [0.25, 0.3) is 0 Å². The highest BCUT2D eigenvalue weighted by molar-refractivity contribution is 5.96. The third-order valence-corrected chi connectivity index (χ3v) is 4.03. The van der Waals surface area contributed by atoms with Crippen LogP contribution in [0.2, 0.25) is 0 Å². The van der Waals surface area contributed by atoms with E-state index >= 15 is 0 Å². The number of nitrogens with two attached hydrogens (primary N) is 1. The third-order valence-electron chi connectivity index (χ3n) is 4.03. The van der Waals surface area contributed by atoms with E-state index in [1.807, 2.05) is 25.1 Å². The van der Waals surface area contributed by atoms with E-state index in [9.17, 15) is 4.79 Å². The molecule has 1 aromatic rings. The molecule has 1 aromatic carbocycles. The Kier molecular flexibility index (Phi) is 4.98. The number of nitrogens with one attached hydrogen (secondary N) is 2. The Morgan fingerprint density at radius 2 is 2.10 bits per heavy atom. The highest BCUT2D eigenvalue weighted by Gasteiger charge is 2.18. The van der Waals surface area contributed by atoms with Gasteiger partial charge in [-0.1, -0.05) is 0 Å². The molecule has 2 rings (SSSR count). The van der Waals surface area contributed by atoms with Gasteiger partial charge in [-0.3, -0.25) is 10.6 Å². The Morgan fingerprint density at radius 3 is 2.70 bits per heavy atom. The molecule has 0 saturated carbocycles. The summed E-state index contributed by atoms with van der Waals surface area (Å²) in [6.45, 7) is 4.93. The molecule has 0 radical (unpaired) electrons. The van der Waals surface area contributed by atoms with E-state index in [2.05, 4.69) is 22.7 Å². The van der Waals surface area contributed by atoms with Gasteiger partial charge in [-0.2, -0.15) is 0 Å². The maximum atomic E-state index is 12.2. The first kappa shape index (κ1) is 14.8. The third kappa shape index (κ3) is 3.71. The number of carbonyl (C=O) groups excluding carboxylic acids is 1. The summed E-state index contributed by atoms with van der Waals surface area (Å²) in [5, 5.41) is 3.05. The van der Waals surface area contributed by atoms with Gasteiger partial charge in [0.1, 0.15) is 0 Å². The van der Waals surface area contributed by atoms with Gasteiger partial charge in [0.05, 0.1) is 0 Å². The first-order valence-corrected chi connectivity index (χ1v) is 7.14. The second-order valence-corrected chi connectivity index (χ2v) is 5.63. The molecule has 4 N–H and O–H groups in total. The van der Waals surface area contributed by atoms with E-state index in [4.69, 9.17) is 5.84 Å². The maximum Gasteiger partial charge on any atom is 0.251 e. The van der Waals surface area contributed by atoms with Crippen LogP contribution in [0.4, 0.5) is 5.69 Å². The molecule has 110 valence electrons. The Balaban J connectivity index is 1.88. The van der Waals surface area contributed by atoms with Gasteiger partial charge in [0, 0.05) is 17.8 Å². The smallest absolute Gasteiger partial charge is 0.251 e. The topological polar surface area (TPSA) is 70.4 Å². The van der Waals surface area contributed by atoms with Gasteiger partial charge < -0.3 is 15.6 Å². The summed E-state index contributed by atoms with van der Waals surface area (Å²) >= 11 is 0. The van der Waals surface area contributed by atoms with Gasteiger partial charge in [-0.05, 0) is 69.6 Å². The fraction of sp³-hybridized carbons (Fsp3) is 0.533. The normalized spacial score (nSPS) is 16.9.